The van der Waals surface area contributed by atoms with E-state index >= 15 is 0 Å². The fourth-order valence-electron chi connectivity index (χ4n) is 1.96. The average Bonchev–Trinajstić information content (AvgIpc) is 2.81. The van der Waals surface area contributed by atoms with E-state index in [1.54, 1.807) is 6.08 Å². The number of hydrogen-bond donors (Lipinski definition) is 0. The fraction of sp³-hybridized carbons (Fsp3) is 0.467. The Balaban J connectivity index is 0.00000400. The van der Waals surface area contributed by atoms with E-state index in [0.717, 1.165) is 4.90 Å². The number of halogens is 1. The van der Waals surface area contributed by atoms with Crippen LogP contribution < -0.4 is 0 Å². The van der Waals surface area contributed by atoms with Crippen molar-refractivity contribution < 1.29 is 15.8 Å². The van der Waals surface area contributed by atoms with Crippen molar-refractivity contribution in [1.29, 1.82) is 0 Å². The Morgan fingerprint density at radius 1 is 1.75 bits per heavy atom. The number of imide groups is 1. The highest BCUT2D eigenvalue weighted by atomic mass is 35.5. The number of cyclic esters (lactones) is 1. The quantitative estimate of drug-likeness (QED) is 0.733. The lowest BCUT2D eigenvalue weighted by atomic mass is 10.00. The van der Waals surface area contributed by atoms with Crippen LogP contribution in [0.5, 0.6) is 0 Å². The van der Waals surface area contributed by atoms with Crippen LogP contribution in [0, 0.1) is 30.1 Å². The van der Waals surface area contributed by atoms with E-state index in [-0.39, 0.29) is 25.9 Å². The van der Waals surface area contributed by atoms with Crippen molar-refractivity contribution in [2.75, 3.05) is 6.61 Å². The van der Waals surface area contributed by atoms with Gasteiger partial charge in [-0.2, -0.15) is 0 Å². The standard InChI is InChI=1S/C15H16ClNO3.H2/c1-3-5-6-9-13-11-20-15(19)17(13)14(18)12(4-2)8-7-10-16;/h1,7,10,12-13H,4,8-9,11H2,2H3;1H/b10-7+;/t12-,13+;/m1./s1. The van der Waals surface area contributed by atoms with Gasteiger partial charge in [-0.1, -0.05) is 30.5 Å². The lowest BCUT2D eigenvalue weighted by molar-refractivity contribution is -0.133. The van der Waals surface area contributed by atoms with Gasteiger partial charge >= 0.3 is 6.09 Å². The molecule has 0 spiro atoms. The van der Waals surface area contributed by atoms with Gasteiger partial charge in [0.2, 0.25) is 5.91 Å². The highest BCUT2D eigenvalue weighted by Gasteiger charge is 2.39. The number of rotatable bonds is 5. The third-order valence-corrected chi connectivity index (χ3v) is 3.23. The molecule has 2 atom stereocenters. The second kappa shape index (κ2) is 8.30. The summed E-state index contributed by atoms with van der Waals surface area (Å²) in [5, 5.41) is 0. The van der Waals surface area contributed by atoms with Crippen molar-refractivity contribution in [2.24, 2.45) is 5.92 Å². The molecule has 0 radical (unpaired) electrons. The first kappa shape index (κ1) is 16.1. The van der Waals surface area contributed by atoms with E-state index in [0.29, 0.717) is 19.3 Å². The zero-order chi connectivity index (χ0) is 15.0. The third kappa shape index (κ3) is 4.05. The molecule has 0 unspecified atom stereocenters. The normalized spacial score (nSPS) is 19.1. The molecule has 0 bridgehead atoms. The fourth-order valence-corrected chi connectivity index (χ4v) is 2.06. The summed E-state index contributed by atoms with van der Waals surface area (Å²) >= 11 is 5.47. The van der Waals surface area contributed by atoms with Gasteiger partial charge in [-0.3, -0.25) is 4.79 Å². The van der Waals surface area contributed by atoms with Crippen LogP contribution in [0.2, 0.25) is 0 Å². The van der Waals surface area contributed by atoms with Crippen LogP contribution in [0.4, 0.5) is 4.79 Å². The average molecular weight is 296 g/mol. The summed E-state index contributed by atoms with van der Waals surface area (Å²) in [6.07, 6.45) is 7.55. The van der Waals surface area contributed by atoms with Gasteiger partial charge in [0.15, 0.2) is 0 Å². The van der Waals surface area contributed by atoms with Crippen LogP contribution in [-0.2, 0) is 9.53 Å². The van der Waals surface area contributed by atoms with Crippen molar-refractivity contribution in [3.8, 4) is 24.2 Å². The van der Waals surface area contributed by atoms with Gasteiger partial charge in [0, 0.05) is 19.3 Å². The molecular formula is C15H18ClNO3. The number of amides is 2. The lowest BCUT2D eigenvalue weighted by Crippen LogP contribution is -2.42. The number of ether oxygens (including phenoxy) is 1. The lowest BCUT2D eigenvalue weighted by Gasteiger charge is -2.22. The molecule has 0 aromatic heterocycles. The van der Waals surface area contributed by atoms with Gasteiger partial charge in [-0.25, -0.2) is 9.69 Å². The number of allylic oxidation sites excluding steroid dienone is 1. The molecule has 1 fully saturated rings. The molecule has 1 rings (SSSR count). The first-order chi connectivity index (χ1) is 9.65. The minimum Gasteiger partial charge on any atom is -0.447 e. The summed E-state index contributed by atoms with van der Waals surface area (Å²) in [5.41, 5.74) is 1.37. The number of hydrogen-bond acceptors (Lipinski definition) is 3. The van der Waals surface area contributed by atoms with Gasteiger partial charge < -0.3 is 4.74 Å². The Morgan fingerprint density at radius 3 is 3.10 bits per heavy atom. The summed E-state index contributed by atoms with van der Waals surface area (Å²) in [6, 6.07) is -0.370. The predicted octanol–water partition coefficient (Wildman–Crippen LogP) is 2.78. The van der Waals surface area contributed by atoms with Crippen molar-refractivity contribution in [2.45, 2.75) is 32.2 Å². The van der Waals surface area contributed by atoms with E-state index in [1.165, 1.54) is 5.54 Å². The maximum Gasteiger partial charge on any atom is 0.417 e. The molecule has 1 aliphatic heterocycles. The Bertz CT molecular complexity index is 501. The number of terminal acetylenes is 1. The van der Waals surface area contributed by atoms with Gasteiger partial charge in [0.05, 0.1) is 6.04 Å². The Morgan fingerprint density at radius 2 is 2.50 bits per heavy atom. The van der Waals surface area contributed by atoms with E-state index in [1.807, 2.05) is 6.92 Å². The minimum absolute atomic E-state index is 0. The third-order valence-electron chi connectivity index (χ3n) is 3.05. The van der Waals surface area contributed by atoms with Crippen LogP contribution >= 0.6 is 11.6 Å². The van der Waals surface area contributed by atoms with Crippen LogP contribution in [0.15, 0.2) is 11.6 Å². The highest BCUT2D eigenvalue weighted by molar-refractivity contribution is 6.25. The molecule has 108 valence electrons. The maximum absolute atomic E-state index is 12.4. The van der Waals surface area contributed by atoms with E-state index in [4.69, 9.17) is 22.8 Å². The Kier molecular flexibility index (Phi) is 6.70. The molecule has 0 aliphatic carbocycles. The molecule has 0 aromatic carbocycles. The van der Waals surface area contributed by atoms with Gasteiger partial charge in [0.1, 0.15) is 6.61 Å². The van der Waals surface area contributed by atoms with E-state index in [9.17, 15) is 9.59 Å². The molecule has 2 amide bonds. The molecule has 0 aromatic rings. The molecular weight excluding hydrogens is 278 g/mol. The summed E-state index contributed by atoms with van der Waals surface area (Å²) in [4.78, 5) is 25.3. The zero-order valence-corrected chi connectivity index (χ0v) is 12.0. The first-order valence-corrected chi connectivity index (χ1v) is 6.77. The van der Waals surface area contributed by atoms with Crippen molar-refractivity contribution in [3.05, 3.63) is 11.6 Å². The summed E-state index contributed by atoms with van der Waals surface area (Å²) in [5.74, 6) is 6.86. The maximum atomic E-state index is 12.4. The molecule has 5 heteroatoms. The van der Waals surface area contributed by atoms with Crippen molar-refractivity contribution in [3.63, 3.8) is 0 Å². The molecule has 4 nitrogen and oxygen atoms in total. The van der Waals surface area contributed by atoms with Gasteiger partial charge in [-0.15, -0.1) is 6.42 Å². The van der Waals surface area contributed by atoms with Crippen LogP contribution in [0.1, 0.15) is 27.6 Å². The largest absolute Gasteiger partial charge is 0.447 e. The molecule has 1 heterocycles. The number of nitrogens with zero attached hydrogens (tertiary/aromatic N) is 1. The SMILES string of the molecule is C#CC#CC[C@H]1COC(=O)N1C(=O)[C@H](CC)C/C=C/Cl.[HH]. The van der Waals surface area contributed by atoms with E-state index in [2.05, 4.69) is 17.8 Å². The van der Waals surface area contributed by atoms with E-state index < -0.39 is 6.09 Å². The Labute approximate surface area is 125 Å². The highest BCUT2D eigenvalue weighted by Crippen LogP contribution is 2.22. The molecule has 20 heavy (non-hydrogen) atoms. The molecule has 1 aliphatic rings. The minimum atomic E-state index is -0.615. The van der Waals surface area contributed by atoms with Crippen molar-refractivity contribution >= 4 is 23.6 Å². The van der Waals surface area contributed by atoms with Gasteiger partial charge in [0.25, 0.3) is 0 Å². The summed E-state index contributed by atoms with van der Waals surface area (Å²) in [6.45, 7) is 2.05. The van der Waals surface area contributed by atoms with Gasteiger partial charge in [-0.05, 0) is 24.7 Å². The van der Waals surface area contributed by atoms with Crippen molar-refractivity contribution in [1.82, 2.24) is 4.90 Å². The first-order valence-electron chi connectivity index (χ1n) is 6.34. The number of carbonyl (C=O) groups excluding carboxylic acids is 2. The predicted molar refractivity (Wildman–Crippen MR) is 78.7 cm³/mol. The summed E-state index contributed by atoms with van der Waals surface area (Å²) in [7, 11) is 0. The van der Waals surface area contributed by atoms with Crippen LogP contribution in [0.3, 0.4) is 0 Å². The summed E-state index contributed by atoms with van der Waals surface area (Å²) < 4.78 is 4.93. The second-order valence-electron chi connectivity index (χ2n) is 4.29. The Hall–Kier alpha value is -1.91. The molecule has 0 N–H and O–H groups in total. The monoisotopic (exact) mass is 295 g/mol. The zero-order valence-electron chi connectivity index (χ0n) is 11.3. The van der Waals surface area contributed by atoms with Crippen LogP contribution in [0.25, 0.3) is 0 Å². The second-order valence-corrected chi connectivity index (χ2v) is 4.54. The molecule has 0 saturated carbocycles. The topological polar surface area (TPSA) is 46.6 Å². The molecule has 1 saturated heterocycles. The smallest absolute Gasteiger partial charge is 0.417 e. The number of carbonyl (C=O) groups is 2. The van der Waals surface area contributed by atoms with Crippen LogP contribution in [-0.4, -0.2) is 29.5 Å².